The smallest absolute Gasteiger partial charge is 0.127 e. The number of aryl methyl sites for hydroxylation is 1. The summed E-state index contributed by atoms with van der Waals surface area (Å²) in [7, 11) is 0. The van der Waals surface area contributed by atoms with Crippen LogP contribution in [0.5, 0.6) is 0 Å². The third-order valence-electron chi connectivity index (χ3n) is 3.00. The number of rotatable bonds is 6. The molecule has 0 aliphatic carbocycles. The minimum absolute atomic E-state index is 0.150. The maximum atomic E-state index is 13.4. The Morgan fingerprint density at radius 1 is 1.22 bits per heavy atom. The van der Waals surface area contributed by atoms with E-state index in [-0.39, 0.29) is 5.82 Å². The Hall–Kier alpha value is -1.61. The molecule has 1 atom stereocenters. The normalized spacial score (nSPS) is 12.6. The van der Waals surface area contributed by atoms with Crippen molar-refractivity contribution in [3.05, 3.63) is 59.8 Å². The molecule has 0 amide bonds. The van der Waals surface area contributed by atoms with Crippen LogP contribution in [0.25, 0.3) is 0 Å². The van der Waals surface area contributed by atoms with E-state index in [1.807, 2.05) is 24.3 Å². The molecule has 1 heterocycles. The number of furan rings is 1. The van der Waals surface area contributed by atoms with E-state index < -0.39 is 0 Å². The molecule has 1 unspecified atom stereocenters. The monoisotopic (exact) mass is 247 g/mol. The van der Waals surface area contributed by atoms with Gasteiger partial charge in [-0.15, -0.1) is 0 Å². The Morgan fingerprint density at radius 2 is 2.06 bits per heavy atom. The van der Waals surface area contributed by atoms with Gasteiger partial charge in [0.2, 0.25) is 0 Å². The Morgan fingerprint density at radius 3 is 2.78 bits per heavy atom. The van der Waals surface area contributed by atoms with Crippen LogP contribution in [-0.2, 0) is 13.0 Å². The predicted molar refractivity (Wildman–Crippen MR) is 69.7 cm³/mol. The maximum absolute atomic E-state index is 13.4. The zero-order chi connectivity index (χ0) is 12.8. The highest BCUT2D eigenvalue weighted by molar-refractivity contribution is 5.17. The van der Waals surface area contributed by atoms with Crippen LogP contribution < -0.4 is 5.32 Å². The fourth-order valence-electron chi connectivity index (χ4n) is 1.84. The fourth-order valence-corrected chi connectivity index (χ4v) is 1.84. The highest BCUT2D eigenvalue weighted by Crippen LogP contribution is 2.08. The summed E-state index contributed by atoms with van der Waals surface area (Å²) in [5, 5.41) is 3.32. The minimum Gasteiger partial charge on any atom is -0.469 e. The summed E-state index contributed by atoms with van der Waals surface area (Å²) in [4.78, 5) is 0. The lowest BCUT2D eigenvalue weighted by atomic mass is 10.1. The molecule has 18 heavy (non-hydrogen) atoms. The molecule has 0 spiro atoms. The first kappa shape index (κ1) is 12.8. The standard InChI is InChI=1S/C15H18FNO/c1-12(8-9-14-6-4-10-18-14)17-11-13-5-2-3-7-15(13)16/h2-7,10,12,17H,8-9,11H2,1H3. The second-order valence-corrected chi connectivity index (χ2v) is 4.49. The van der Waals surface area contributed by atoms with Gasteiger partial charge in [0.1, 0.15) is 11.6 Å². The third kappa shape index (κ3) is 3.70. The number of nitrogens with one attached hydrogen (secondary N) is 1. The van der Waals surface area contributed by atoms with Gasteiger partial charge in [0, 0.05) is 24.6 Å². The molecular formula is C15H18FNO. The summed E-state index contributed by atoms with van der Waals surface area (Å²) in [5.74, 6) is 0.845. The van der Waals surface area contributed by atoms with Crippen molar-refractivity contribution in [3.63, 3.8) is 0 Å². The van der Waals surface area contributed by atoms with Gasteiger partial charge in [-0.05, 0) is 31.5 Å². The van der Waals surface area contributed by atoms with Crippen LogP contribution in [-0.4, -0.2) is 6.04 Å². The third-order valence-corrected chi connectivity index (χ3v) is 3.00. The number of halogens is 1. The Labute approximate surface area is 107 Å². The number of hydrogen-bond donors (Lipinski definition) is 1. The van der Waals surface area contributed by atoms with Gasteiger partial charge in [-0.1, -0.05) is 18.2 Å². The Kier molecular flexibility index (Phi) is 4.53. The van der Waals surface area contributed by atoms with E-state index in [0.717, 1.165) is 18.6 Å². The van der Waals surface area contributed by atoms with Gasteiger partial charge in [-0.2, -0.15) is 0 Å². The van der Waals surface area contributed by atoms with Crippen molar-refractivity contribution < 1.29 is 8.81 Å². The Bertz CT molecular complexity index is 467. The lowest BCUT2D eigenvalue weighted by Gasteiger charge is -2.13. The van der Waals surface area contributed by atoms with Gasteiger partial charge in [-0.25, -0.2) is 4.39 Å². The van der Waals surface area contributed by atoms with Crippen molar-refractivity contribution in [1.82, 2.24) is 5.32 Å². The Balaban J connectivity index is 1.75. The second kappa shape index (κ2) is 6.36. The summed E-state index contributed by atoms with van der Waals surface area (Å²) < 4.78 is 18.7. The second-order valence-electron chi connectivity index (χ2n) is 4.49. The molecule has 1 aromatic heterocycles. The molecule has 0 saturated carbocycles. The van der Waals surface area contributed by atoms with Crippen molar-refractivity contribution in [2.24, 2.45) is 0 Å². The van der Waals surface area contributed by atoms with E-state index in [4.69, 9.17) is 4.42 Å². The molecule has 0 aliphatic rings. The summed E-state index contributed by atoms with van der Waals surface area (Å²) in [5.41, 5.74) is 0.711. The van der Waals surface area contributed by atoms with Crippen molar-refractivity contribution in [3.8, 4) is 0 Å². The molecular weight excluding hydrogens is 229 g/mol. The first-order valence-corrected chi connectivity index (χ1v) is 6.25. The molecule has 0 fully saturated rings. The molecule has 2 nitrogen and oxygen atoms in total. The molecule has 0 aliphatic heterocycles. The van der Waals surface area contributed by atoms with Gasteiger partial charge in [0.25, 0.3) is 0 Å². The first-order chi connectivity index (χ1) is 8.75. The largest absolute Gasteiger partial charge is 0.469 e. The van der Waals surface area contributed by atoms with Crippen molar-refractivity contribution in [1.29, 1.82) is 0 Å². The summed E-state index contributed by atoms with van der Waals surface area (Å²) in [6, 6.07) is 11.1. The highest BCUT2D eigenvalue weighted by Gasteiger charge is 2.05. The SMILES string of the molecule is CC(CCc1ccco1)NCc1ccccc1F. The summed E-state index contributed by atoms with van der Waals surface area (Å²) in [6.07, 6.45) is 3.56. The molecule has 1 N–H and O–H groups in total. The zero-order valence-electron chi connectivity index (χ0n) is 10.5. The van der Waals surface area contributed by atoms with Gasteiger partial charge >= 0.3 is 0 Å². The average Bonchev–Trinajstić information content (AvgIpc) is 2.88. The molecule has 3 heteroatoms. The highest BCUT2D eigenvalue weighted by atomic mass is 19.1. The predicted octanol–water partition coefficient (Wildman–Crippen LogP) is 3.53. The van der Waals surface area contributed by atoms with Crippen LogP contribution in [0.4, 0.5) is 4.39 Å². The van der Waals surface area contributed by atoms with E-state index >= 15 is 0 Å². The van der Waals surface area contributed by atoms with E-state index in [9.17, 15) is 4.39 Å². The molecule has 1 aromatic carbocycles. The van der Waals surface area contributed by atoms with Crippen LogP contribution in [0.3, 0.4) is 0 Å². The lowest BCUT2D eigenvalue weighted by Crippen LogP contribution is -2.26. The van der Waals surface area contributed by atoms with Crippen LogP contribution in [0.1, 0.15) is 24.7 Å². The van der Waals surface area contributed by atoms with Crippen LogP contribution in [0.15, 0.2) is 47.1 Å². The topological polar surface area (TPSA) is 25.2 Å². The quantitative estimate of drug-likeness (QED) is 0.844. The van der Waals surface area contributed by atoms with Crippen molar-refractivity contribution >= 4 is 0 Å². The molecule has 2 rings (SSSR count). The molecule has 0 radical (unpaired) electrons. The van der Waals surface area contributed by atoms with Crippen LogP contribution >= 0.6 is 0 Å². The van der Waals surface area contributed by atoms with Crippen LogP contribution in [0.2, 0.25) is 0 Å². The average molecular weight is 247 g/mol. The fraction of sp³-hybridized carbons (Fsp3) is 0.333. The maximum Gasteiger partial charge on any atom is 0.127 e. The van der Waals surface area contributed by atoms with Gasteiger partial charge in [0.05, 0.1) is 6.26 Å². The van der Waals surface area contributed by atoms with Gasteiger partial charge in [-0.3, -0.25) is 0 Å². The van der Waals surface area contributed by atoms with E-state index in [2.05, 4.69) is 12.2 Å². The van der Waals surface area contributed by atoms with Crippen LogP contribution in [0, 0.1) is 5.82 Å². The van der Waals surface area contributed by atoms with E-state index in [1.165, 1.54) is 6.07 Å². The lowest BCUT2D eigenvalue weighted by molar-refractivity contribution is 0.456. The molecule has 0 saturated heterocycles. The van der Waals surface area contributed by atoms with Crippen molar-refractivity contribution in [2.45, 2.75) is 32.4 Å². The first-order valence-electron chi connectivity index (χ1n) is 6.25. The summed E-state index contributed by atoms with van der Waals surface area (Å²) in [6.45, 7) is 2.66. The molecule has 96 valence electrons. The van der Waals surface area contributed by atoms with Gasteiger partial charge in [0.15, 0.2) is 0 Å². The zero-order valence-corrected chi connectivity index (χ0v) is 10.5. The number of hydrogen-bond acceptors (Lipinski definition) is 2. The number of benzene rings is 1. The summed E-state index contributed by atoms with van der Waals surface area (Å²) >= 11 is 0. The molecule has 2 aromatic rings. The van der Waals surface area contributed by atoms with Crippen molar-refractivity contribution in [2.75, 3.05) is 0 Å². The molecule has 0 bridgehead atoms. The van der Waals surface area contributed by atoms with E-state index in [1.54, 1.807) is 12.3 Å². The minimum atomic E-state index is -0.150. The van der Waals surface area contributed by atoms with Gasteiger partial charge < -0.3 is 9.73 Å². The van der Waals surface area contributed by atoms with E-state index in [0.29, 0.717) is 18.2 Å².